The second kappa shape index (κ2) is 13.1. The summed E-state index contributed by atoms with van der Waals surface area (Å²) in [6.07, 6.45) is 2.53. The van der Waals surface area contributed by atoms with Gasteiger partial charge in [-0.2, -0.15) is 0 Å². The van der Waals surface area contributed by atoms with E-state index < -0.39 is 4.75 Å². The molecule has 0 saturated carbocycles. The lowest BCUT2D eigenvalue weighted by Gasteiger charge is -2.41. The van der Waals surface area contributed by atoms with Crippen LogP contribution in [-0.2, 0) is 16.1 Å². The number of rotatable bonds is 7. The Morgan fingerprint density at radius 1 is 0.957 bits per heavy atom. The number of likely N-dealkylation sites (N-methyl/N-ethyl adjacent to an activating group) is 1. The van der Waals surface area contributed by atoms with Crippen molar-refractivity contribution in [1.82, 2.24) is 19.6 Å². The molecule has 6 rings (SSSR count). The van der Waals surface area contributed by atoms with Gasteiger partial charge in [-0.1, -0.05) is 57.2 Å². The number of nitrogens with zero attached hydrogens (tertiary/aromatic N) is 5. The number of piperidine rings is 1. The molecule has 3 fully saturated rings. The third-order valence-corrected chi connectivity index (χ3v) is 11.7. The number of anilines is 2. The summed E-state index contributed by atoms with van der Waals surface area (Å²) in [5.74, 6) is 0.0887. The fraction of sp³-hybridized carbons (Fsp3) is 0.583. The zero-order chi connectivity index (χ0) is 32.6. The van der Waals surface area contributed by atoms with Crippen molar-refractivity contribution in [2.45, 2.75) is 76.1 Å². The van der Waals surface area contributed by atoms with Gasteiger partial charge in [0.05, 0.1) is 6.42 Å². The van der Waals surface area contributed by atoms with E-state index in [4.69, 9.17) is 0 Å². The minimum absolute atomic E-state index is 0.0269. The summed E-state index contributed by atoms with van der Waals surface area (Å²) < 4.78 is -0.845. The average Bonchev–Trinajstić information content (AvgIpc) is 3.28. The molecule has 2 atom stereocenters. The molecule has 10 heteroatoms. The third kappa shape index (κ3) is 6.88. The fourth-order valence-electron chi connectivity index (χ4n) is 7.17. The molecule has 0 unspecified atom stereocenters. The van der Waals surface area contributed by atoms with Gasteiger partial charge in [0.25, 0.3) is 0 Å². The quantitative estimate of drug-likeness (QED) is 0.420. The Bertz CT molecular complexity index is 1450. The predicted octanol–water partition coefficient (Wildman–Crippen LogP) is 5.64. The van der Waals surface area contributed by atoms with Crippen LogP contribution in [0, 0.1) is 5.41 Å². The monoisotopic (exact) mass is 646 g/mol. The van der Waals surface area contributed by atoms with Gasteiger partial charge in [0, 0.05) is 75.3 Å². The molecular formula is C36H50N6O3S. The summed E-state index contributed by atoms with van der Waals surface area (Å²) in [6, 6.07) is 16.5. The van der Waals surface area contributed by atoms with E-state index in [1.807, 2.05) is 34.9 Å². The van der Waals surface area contributed by atoms with Crippen molar-refractivity contribution in [3.63, 3.8) is 0 Å². The standard InChI is InChI=1S/C36H50N6O3S/c1-35(2,3)16-19-41-32(28-11-7-9-13-30(28)39-22-20-38(5)21-23-39)46-36(4,33(41)44)24-31(43)40-17-14-27(15-18-40)42-25-26-10-6-8-12-29(26)37-34(42)45/h6-13,27,32H,14-25H2,1-5H3,(H,37,45)/t32-,36-/m1/s1. The highest BCUT2D eigenvalue weighted by Gasteiger charge is 2.52. The molecule has 3 saturated heterocycles. The molecular weight excluding hydrogens is 597 g/mol. The van der Waals surface area contributed by atoms with Gasteiger partial charge < -0.3 is 29.8 Å². The van der Waals surface area contributed by atoms with Crippen LogP contribution in [0.1, 0.15) is 69.9 Å². The first-order valence-electron chi connectivity index (χ1n) is 16.9. The Balaban J connectivity index is 1.15. The van der Waals surface area contributed by atoms with Gasteiger partial charge in [-0.25, -0.2) is 4.79 Å². The van der Waals surface area contributed by atoms with Crippen LogP contribution in [-0.4, -0.2) is 101 Å². The number of thioether (sulfide) groups is 1. The highest BCUT2D eigenvalue weighted by molar-refractivity contribution is 8.02. The molecule has 248 valence electrons. The van der Waals surface area contributed by atoms with Crippen LogP contribution in [0.3, 0.4) is 0 Å². The van der Waals surface area contributed by atoms with E-state index in [1.54, 1.807) is 11.8 Å². The first-order chi connectivity index (χ1) is 21.9. The topological polar surface area (TPSA) is 79.4 Å². The molecule has 0 radical (unpaired) electrons. The first-order valence-corrected chi connectivity index (χ1v) is 17.7. The minimum Gasteiger partial charge on any atom is -0.369 e. The molecule has 0 aromatic heterocycles. The maximum atomic E-state index is 14.3. The normalized spacial score (nSPS) is 24.8. The van der Waals surface area contributed by atoms with E-state index in [2.05, 4.69) is 78.2 Å². The molecule has 0 aliphatic carbocycles. The minimum atomic E-state index is -0.845. The number of hydrogen-bond acceptors (Lipinski definition) is 6. The second-order valence-electron chi connectivity index (χ2n) is 14.9. The van der Waals surface area contributed by atoms with E-state index >= 15 is 0 Å². The predicted molar refractivity (Wildman–Crippen MR) is 186 cm³/mol. The lowest BCUT2D eigenvalue weighted by Crippen LogP contribution is -2.52. The number of amides is 4. The Morgan fingerprint density at radius 2 is 1.63 bits per heavy atom. The molecule has 2 aromatic rings. The number of piperazine rings is 1. The Morgan fingerprint density at radius 3 is 2.35 bits per heavy atom. The molecule has 4 aliphatic rings. The second-order valence-corrected chi connectivity index (χ2v) is 16.4. The number of carbonyl (C=O) groups excluding carboxylic acids is 3. The van der Waals surface area contributed by atoms with E-state index in [0.29, 0.717) is 26.2 Å². The van der Waals surface area contributed by atoms with Gasteiger partial charge in [-0.05, 0) is 56.3 Å². The maximum absolute atomic E-state index is 14.3. The molecule has 9 nitrogen and oxygen atoms in total. The lowest BCUT2D eigenvalue weighted by atomic mass is 9.91. The van der Waals surface area contributed by atoms with Gasteiger partial charge in [-0.3, -0.25) is 9.59 Å². The zero-order valence-corrected chi connectivity index (χ0v) is 28.9. The summed E-state index contributed by atoms with van der Waals surface area (Å²) in [5.41, 5.74) is 4.44. The SMILES string of the molecule is CN1CCN(c2ccccc2[C@H]2S[C@](C)(CC(=O)N3CCC(N4Cc5ccccc5NC4=O)CC3)C(=O)N2CCC(C)(C)C)CC1. The van der Waals surface area contributed by atoms with Crippen molar-refractivity contribution in [1.29, 1.82) is 0 Å². The number of urea groups is 1. The van der Waals surface area contributed by atoms with E-state index in [9.17, 15) is 14.4 Å². The smallest absolute Gasteiger partial charge is 0.322 e. The van der Waals surface area contributed by atoms with Gasteiger partial charge in [0.2, 0.25) is 11.8 Å². The number of para-hydroxylation sites is 2. The summed E-state index contributed by atoms with van der Waals surface area (Å²) >= 11 is 1.65. The molecule has 1 N–H and O–H groups in total. The van der Waals surface area contributed by atoms with Crippen LogP contribution < -0.4 is 10.2 Å². The van der Waals surface area contributed by atoms with E-state index in [1.165, 1.54) is 5.69 Å². The van der Waals surface area contributed by atoms with Crippen LogP contribution in [0.4, 0.5) is 16.2 Å². The van der Waals surface area contributed by atoms with Crippen molar-refractivity contribution in [2.24, 2.45) is 5.41 Å². The lowest BCUT2D eigenvalue weighted by molar-refractivity contribution is -0.139. The number of nitrogens with one attached hydrogen (secondary N) is 1. The van der Waals surface area contributed by atoms with E-state index in [-0.39, 0.29) is 41.1 Å². The molecule has 46 heavy (non-hydrogen) atoms. The maximum Gasteiger partial charge on any atom is 0.322 e. The number of benzene rings is 2. The van der Waals surface area contributed by atoms with Crippen LogP contribution in [0.25, 0.3) is 0 Å². The Kier molecular flexibility index (Phi) is 9.31. The number of likely N-dealkylation sites (tertiary alicyclic amines) is 1. The highest BCUT2D eigenvalue weighted by atomic mass is 32.2. The summed E-state index contributed by atoms with van der Waals surface area (Å²) in [6.45, 7) is 15.0. The van der Waals surface area contributed by atoms with Crippen LogP contribution in [0.15, 0.2) is 48.5 Å². The van der Waals surface area contributed by atoms with Crippen LogP contribution in [0.2, 0.25) is 0 Å². The molecule has 4 aliphatic heterocycles. The first kappa shape index (κ1) is 32.7. The van der Waals surface area contributed by atoms with E-state index in [0.717, 1.165) is 62.3 Å². The fourth-order valence-corrected chi connectivity index (χ4v) is 8.74. The number of fused-ring (bicyclic) bond motifs is 1. The largest absolute Gasteiger partial charge is 0.369 e. The number of hydrogen-bond donors (Lipinski definition) is 1. The van der Waals surface area contributed by atoms with Crippen molar-refractivity contribution >= 4 is 41.0 Å². The van der Waals surface area contributed by atoms with Gasteiger partial charge >= 0.3 is 6.03 Å². The summed E-state index contributed by atoms with van der Waals surface area (Å²) in [7, 11) is 2.16. The average molecular weight is 647 g/mol. The Hall–Kier alpha value is -3.24. The van der Waals surface area contributed by atoms with Crippen molar-refractivity contribution in [3.8, 4) is 0 Å². The van der Waals surface area contributed by atoms with Crippen LogP contribution >= 0.6 is 11.8 Å². The molecule has 4 amide bonds. The van der Waals surface area contributed by atoms with Crippen LogP contribution in [0.5, 0.6) is 0 Å². The van der Waals surface area contributed by atoms with Crippen molar-refractivity contribution in [2.75, 3.05) is 63.1 Å². The zero-order valence-electron chi connectivity index (χ0n) is 28.1. The van der Waals surface area contributed by atoms with Crippen molar-refractivity contribution < 1.29 is 14.4 Å². The van der Waals surface area contributed by atoms with Gasteiger partial charge in [0.1, 0.15) is 10.1 Å². The molecule has 0 bridgehead atoms. The van der Waals surface area contributed by atoms with Gasteiger partial charge in [0.15, 0.2) is 0 Å². The summed E-state index contributed by atoms with van der Waals surface area (Å²) in [5, 5.41) is 2.88. The third-order valence-electron chi connectivity index (χ3n) is 10.1. The molecule has 4 heterocycles. The highest BCUT2D eigenvalue weighted by Crippen LogP contribution is 2.53. The Labute approximate surface area is 278 Å². The summed E-state index contributed by atoms with van der Waals surface area (Å²) in [4.78, 5) is 51.8. The van der Waals surface area contributed by atoms with Gasteiger partial charge in [-0.15, -0.1) is 11.8 Å². The van der Waals surface area contributed by atoms with Crippen molar-refractivity contribution in [3.05, 3.63) is 59.7 Å². The molecule has 2 aromatic carbocycles. The molecule has 0 spiro atoms. The number of carbonyl (C=O) groups is 3.